The van der Waals surface area contributed by atoms with E-state index in [1.807, 2.05) is 0 Å². The molecule has 0 aromatic carbocycles. The van der Waals surface area contributed by atoms with E-state index >= 15 is 0 Å². The third kappa shape index (κ3) is 3.22. The summed E-state index contributed by atoms with van der Waals surface area (Å²) in [6.07, 6.45) is 2.44. The number of aromatic nitrogens is 2. The van der Waals surface area contributed by atoms with E-state index < -0.39 is 10.9 Å². The van der Waals surface area contributed by atoms with Crippen LogP contribution in [0.1, 0.15) is 10.5 Å². The Hall–Kier alpha value is -2.19. The van der Waals surface area contributed by atoms with Gasteiger partial charge in [-0.05, 0) is 12.1 Å². The number of carboxylic acids is 1. The fourth-order valence-electron chi connectivity index (χ4n) is 1.29. The Morgan fingerprint density at radius 2 is 2.15 bits per heavy atom. The summed E-state index contributed by atoms with van der Waals surface area (Å²) in [6.45, 7) is 0. The molecule has 0 aliphatic heterocycles. The quantitative estimate of drug-likeness (QED) is 0.683. The molecular weight excluding hydrogens is 306 g/mol. The second-order valence-corrected chi connectivity index (χ2v) is 4.99. The van der Waals surface area contributed by atoms with Gasteiger partial charge in [0.1, 0.15) is 16.9 Å². The molecule has 0 saturated heterocycles. The third-order valence-electron chi connectivity index (χ3n) is 2.17. The van der Waals surface area contributed by atoms with Crippen LogP contribution in [0.25, 0.3) is 0 Å². The zero-order valence-electron chi connectivity index (χ0n) is 9.69. The number of aromatic carboxylic acids is 1. The highest BCUT2D eigenvalue weighted by Crippen LogP contribution is 2.33. The van der Waals surface area contributed by atoms with E-state index in [1.165, 1.54) is 18.3 Å². The number of nitrogens with zero attached hydrogens (tertiary/aromatic N) is 3. The molecule has 0 bridgehead atoms. The van der Waals surface area contributed by atoms with E-state index in [-0.39, 0.29) is 16.4 Å². The van der Waals surface area contributed by atoms with Crippen molar-refractivity contribution < 1.29 is 14.8 Å². The van der Waals surface area contributed by atoms with Crippen LogP contribution >= 0.6 is 23.4 Å². The molecule has 0 radical (unpaired) electrons. The van der Waals surface area contributed by atoms with Crippen molar-refractivity contribution in [3.05, 3.63) is 51.4 Å². The standard InChI is InChI=1S/C11H6ClN3O4S/c12-8-3-6(15(18)19)5-14-10(8)20-7-1-2-13-9(4-7)11(16)17/h1-5H,(H,16,17). The van der Waals surface area contributed by atoms with E-state index in [9.17, 15) is 14.9 Å². The maximum absolute atomic E-state index is 10.8. The van der Waals surface area contributed by atoms with E-state index in [4.69, 9.17) is 16.7 Å². The third-order valence-corrected chi connectivity index (χ3v) is 3.58. The van der Waals surface area contributed by atoms with Crippen LogP contribution < -0.4 is 0 Å². The van der Waals surface area contributed by atoms with Gasteiger partial charge in [-0.2, -0.15) is 0 Å². The minimum absolute atomic E-state index is 0.104. The highest BCUT2D eigenvalue weighted by atomic mass is 35.5. The van der Waals surface area contributed by atoms with Crippen LogP contribution in [-0.4, -0.2) is 26.0 Å². The van der Waals surface area contributed by atoms with Gasteiger partial charge in [-0.3, -0.25) is 10.1 Å². The summed E-state index contributed by atoms with van der Waals surface area (Å²) in [5.41, 5.74) is -0.312. The van der Waals surface area contributed by atoms with Crippen LogP contribution in [0.15, 0.2) is 40.5 Å². The molecule has 0 unspecified atom stereocenters. The number of carboxylic acid groups (broad SMARTS) is 1. The average molecular weight is 312 g/mol. The maximum atomic E-state index is 10.8. The number of carbonyl (C=O) groups is 1. The number of rotatable bonds is 4. The van der Waals surface area contributed by atoms with Crippen molar-refractivity contribution >= 4 is 35.0 Å². The second kappa shape index (κ2) is 5.85. The Labute approximate surface area is 121 Å². The monoisotopic (exact) mass is 311 g/mol. The first kappa shape index (κ1) is 14.2. The van der Waals surface area contributed by atoms with E-state index in [1.54, 1.807) is 6.07 Å². The number of pyridine rings is 2. The van der Waals surface area contributed by atoms with Crippen molar-refractivity contribution in [2.75, 3.05) is 0 Å². The molecule has 1 N–H and O–H groups in total. The highest BCUT2D eigenvalue weighted by molar-refractivity contribution is 7.99. The molecule has 0 spiro atoms. The molecule has 0 aliphatic rings. The van der Waals surface area contributed by atoms with Crippen LogP contribution in [0, 0.1) is 10.1 Å². The Morgan fingerprint density at radius 3 is 2.75 bits per heavy atom. The molecule has 0 saturated carbocycles. The van der Waals surface area contributed by atoms with Crippen LogP contribution in [0.4, 0.5) is 5.69 Å². The van der Waals surface area contributed by atoms with Gasteiger partial charge in [0.25, 0.3) is 5.69 Å². The predicted octanol–water partition coefficient (Wildman–Crippen LogP) is 2.89. The minimum atomic E-state index is -1.14. The van der Waals surface area contributed by atoms with E-state index in [0.29, 0.717) is 9.92 Å². The SMILES string of the molecule is O=C(O)c1cc(Sc2ncc([N+](=O)[O-])cc2Cl)ccn1. The zero-order valence-corrected chi connectivity index (χ0v) is 11.3. The molecule has 0 amide bonds. The molecule has 2 heterocycles. The van der Waals surface area contributed by atoms with Gasteiger partial charge in [-0.15, -0.1) is 0 Å². The fraction of sp³-hybridized carbons (Fsp3) is 0. The summed E-state index contributed by atoms with van der Waals surface area (Å²) in [7, 11) is 0. The van der Waals surface area contributed by atoms with Gasteiger partial charge < -0.3 is 5.11 Å². The van der Waals surface area contributed by atoms with E-state index in [2.05, 4.69) is 9.97 Å². The normalized spacial score (nSPS) is 10.2. The topological polar surface area (TPSA) is 106 Å². The van der Waals surface area contributed by atoms with Gasteiger partial charge in [-0.1, -0.05) is 23.4 Å². The van der Waals surface area contributed by atoms with Crippen molar-refractivity contribution in [1.29, 1.82) is 0 Å². The Balaban J connectivity index is 2.28. The summed E-state index contributed by atoms with van der Waals surface area (Å²) in [5.74, 6) is -1.14. The maximum Gasteiger partial charge on any atom is 0.354 e. The summed E-state index contributed by atoms with van der Waals surface area (Å²) in [5, 5.41) is 19.9. The lowest BCUT2D eigenvalue weighted by atomic mass is 10.3. The van der Waals surface area contributed by atoms with Crippen LogP contribution in [0.2, 0.25) is 5.02 Å². The van der Waals surface area contributed by atoms with Crippen molar-refractivity contribution in [3.8, 4) is 0 Å². The van der Waals surface area contributed by atoms with Gasteiger partial charge in [0.2, 0.25) is 0 Å². The van der Waals surface area contributed by atoms with Gasteiger partial charge in [-0.25, -0.2) is 14.8 Å². The smallest absolute Gasteiger partial charge is 0.354 e. The largest absolute Gasteiger partial charge is 0.477 e. The minimum Gasteiger partial charge on any atom is -0.477 e. The van der Waals surface area contributed by atoms with Gasteiger partial charge in [0, 0.05) is 17.2 Å². The molecule has 0 fully saturated rings. The average Bonchev–Trinajstić information content (AvgIpc) is 2.41. The predicted molar refractivity (Wildman–Crippen MR) is 71.2 cm³/mol. The number of halogens is 1. The van der Waals surface area contributed by atoms with Gasteiger partial charge >= 0.3 is 5.97 Å². The molecule has 102 valence electrons. The highest BCUT2D eigenvalue weighted by Gasteiger charge is 2.13. The number of nitro groups is 1. The molecule has 2 aromatic heterocycles. The Bertz CT molecular complexity index is 695. The lowest BCUT2D eigenvalue weighted by Crippen LogP contribution is -1.99. The molecule has 20 heavy (non-hydrogen) atoms. The number of hydrogen-bond donors (Lipinski definition) is 1. The van der Waals surface area contributed by atoms with Crippen molar-refractivity contribution in [2.45, 2.75) is 9.92 Å². The van der Waals surface area contributed by atoms with Crippen molar-refractivity contribution in [3.63, 3.8) is 0 Å². The van der Waals surface area contributed by atoms with Crippen LogP contribution in [0.5, 0.6) is 0 Å². The first-order chi connectivity index (χ1) is 9.47. The van der Waals surface area contributed by atoms with Gasteiger partial charge in [0.15, 0.2) is 0 Å². The molecule has 2 rings (SSSR count). The molecular formula is C11H6ClN3O4S. The molecule has 7 nitrogen and oxygen atoms in total. The van der Waals surface area contributed by atoms with E-state index in [0.717, 1.165) is 18.0 Å². The summed E-state index contributed by atoms with van der Waals surface area (Å²) in [4.78, 5) is 28.9. The van der Waals surface area contributed by atoms with Crippen molar-refractivity contribution in [1.82, 2.24) is 9.97 Å². The fourth-order valence-corrected chi connectivity index (χ4v) is 2.35. The summed E-state index contributed by atoms with van der Waals surface area (Å²) in [6, 6.07) is 4.15. The van der Waals surface area contributed by atoms with Crippen LogP contribution in [-0.2, 0) is 0 Å². The second-order valence-electron chi connectivity index (χ2n) is 3.52. The lowest BCUT2D eigenvalue weighted by molar-refractivity contribution is -0.385. The Kier molecular flexibility index (Phi) is 4.16. The Morgan fingerprint density at radius 1 is 1.40 bits per heavy atom. The molecule has 0 atom stereocenters. The first-order valence-electron chi connectivity index (χ1n) is 5.14. The molecule has 0 aliphatic carbocycles. The summed E-state index contributed by atoms with van der Waals surface area (Å²) < 4.78 is 0. The van der Waals surface area contributed by atoms with Crippen LogP contribution in [0.3, 0.4) is 0 Å². The molecule has 2 aromatic rings. The molecule has 9 heteroatoms. The first-order valence-corrected chi connectivity index (χ1v) is 6.34. The van der Waals surface area contributed by atoms with Crippen molar-refractivity contribution in [2.24, 2.45) is 0 Å². The lowest BCUT2D eigenvalue weighted by Gasteiger charge is -2.03. The van der Waals surface area contributed by atoms with Gasteiger partial charge in [0.05, 0.1) is 9.95 Å². The number of hydrogen-bond acceptors (Lipinski definition) is 6. The zero-order chi connectivity index (χ0) is 14.7. The summed E-state index contributed by atoms with van der Waals surface area (Å²) >= 11 is 7.00.